The van der Waals surface area contributed by atoms with E-state index >= 15 is 0 Å². The molecule has 1 N–H and O–H groups in total. The standard InChI is InChI=1S/C17H19BrClNO/c1-11(2)21-14-9-7-13(8-10-14)12(3)20-16-6-4-5-15(19)17(16)18/h4-12,20H,1-3H3. The zero-order chi connectivity index (χ0) is 15.4. The van der Waals surface area contributed by atoms with Gasteiger partial charge in [-0.1, -0.05) is 29.8 Å². The van der Waals surface area contributed by atoms with E-state index in [1.54, 1.807) is 0 Å². The van der Waals surface area contributed by atoms with Crippen molar-refractivity contribution >= 4 is 33.2 Å². The molecule has 2 rings (SSSR count). The molecule has 0 saturated heterocycles. The van der Waals surface area contributed by atoms with Gasteiger partial charge < -0.3 is 10.1 Å². The smallest absolute Gasteiger partial charge is 0.119 e. The van der Waals surface area contributed by atoms with Gasteiger partial charge in [0, 0.05) is 6.04 Å². The van der Waals surface area contributed by atoms with Crippen molar-refractivity contribution in [1.29, 1.82) is 0 Å². The SMILES string of the molecule is CC(C)Oc1ccc(C(C)Nc2cccc(Cl)c2Br)cc1. The molecule has 0 amide bonds. The molecule has 0 bridgehead atoms. The van der Waals surface area contributed by atoms with Crippen LogP contribution >= 0.6 is 27.5 Å². The molecule has 2 aromatic rings. The first kappa shape index (κ1) is 16.2. The van der Waals surface area contributed by atoms with Crippen LogP contribution in [0.2, 0.25) is 5.02 Å². The Morgan fingerprint density at radius 1 is 1.05 bits per heavy atom. The Bertz CT molecular complexity index is 598. The lowest BCUT2D eigenvalue weighted by Gasteiger charge is -2.18. The summed E-state index contributed by atoms with van der Waals surface area (Å²) in [6.45, 7) is 6.16. The average Bonchev–Trinajstić information content (AvgIpc) is 2.44. The highest BCUT2D eigenvalue weighted by atomic mass is 79.9. The van der Waals surface area contributed by atoms with Crippen LogP contribution in [0.1, 0.15) is 32.4 Å². The Morgan fingerprint density at radius 2 is 1.71 bits per heavy atom. The minimum absolute atomic E-state index is 0.174. The normalized spacial score (nSPS) is 12.3. The molecule has 4 heteroatoms. The summed E-state index contributed by atoms with van der Waals surface area (Å²) in [6, 6.07) is 14.1. The van der Waals surface area contributed by atoms with Gasteiger partial charge in [0.25, 0.3) is 0 Å². The third kappa shape index (κ3) is 4.39. The van der Waals surface area contributed by atoms with Gasteiger partial charge in [-0.05, 0) is 66.5 Å². The zero-order valence-electron chi connectivity index (χ0n) is 12.4. The van der Waals surface area contributed by atoms with Gasteiger partial charge in [0.15, 0.2) is 0 Å². The monoisotopic (exact) mass is 367 g/mol. The Balaban J connectivity index is 2.09. The maximum atomic E-state index is 6.11. The summed E-state index contributed by atoms with van der Waals surface area (Å²) in [7, 11) is 0. The minimum Gasteiger partial charge on any atom is -0.491 e. The van der Waals surface area contributed by atoms with Crippen molar-refractivity contribution < 1.29 is 4.74 Å². The van der Waals surface area contributed by atoms with E-state index in [-0.39, 0.29) is 12.1 Å². The van der Waals surface area contributed by atoms with Crippen LogP contribution < -0.4 is 10.1 Å². The molecule has 0 aliphatic carbocycles. The average molecular weight is 369 g/mol. The van der Waals surface area contributed by atoms with E-state index in [4.69, 9.17) is 16.3 Å². The topological polar surface area (TPSA) is 21.3 Å². The molecular formula is C17H19BrClNO. The van der Waals surface area contributed by atoms with Crippen LogP contribution in [-0.4, -0.2) is 6.10 Å². The fraction of sp³-hybridized carbons (Fsp3) is 0.294. The molecule has 21 heavy (non-hydrogen) atoms. The third-order valence-electron chi connectivity index (χ3n) is 3.08. The predicted molar refractivity (Wildman–Crippen MR) is 93.4 cm³/mol. The van der Waals surface area contributed by atoms with Crippen molar-refractivity contribution in [3.8, 4) is 5.75 Å². The van der Waals surface area contributed by atoms with Crippen molar-refractivity contribution in [2.45, 2.75) is 32.9 Å². The van der Waals surface area contributed by atoms with Crippen LogP contribution in [0.5, 0.6) is 5.75 Å². The number of rotatable bonds is 5. The number of anilines is 1. The van der Waals surface area contributed by atoms with Gasteiger partial charge in [-0.3, -0.25) is 0 Å². The van der Waals surface area contributed by atoms with Crippen LogP contribution in [0, 0.1) is 0 Å². The predicted octanol–water partition coefficient (Wildman–Crippen LogP) is 6.06. The number of benzene rings is 2. The van der Waals surface area contributed by atoms with Gasteiger partial charge in [-0.25, -0.2) is 0 Å². The fourth-order valence-corrected chi connectivity index (χ4v) is 2.59. The van der Waals surface area contributed by atoms with Crippen molar-refractivity contribution in [2.75, 3.05) is 5.32 Å². The quantitative estimate of drug-likeness (QED) is 0.692. The molecule has 1 unspecified atom stereocenters. The highest BCUT2D eigenvalue weighted by molar-refractivity contribution is 9.10. The molecule has 0 radical (unpaired) electrons. The molecule has 112 valence electrons. The lowest BCUT2D eigenvalue weighted by molar-refractivity contribution is 0.242. The number of halogens is 2. The summed E-state index contributed by atoms with van der Waals surface area (Å²) < 4.78 is 6.54. The van der Waals surface area contributed by atoms with E-state index in [9.17, 15) is 0 Å². The second-order valence-corrected chi connectivity index (χ2v) is 6.40. The fourth-order valence-electron chi connectivity index (χ4n) is 2.04. The first-order valence-electron chi connectivity index (χ1n) is 6.94. The van der Waals surface area contributed by atoms with E-state index in [1.807, 2.05) is 44.2 Å². The summed E-state index contributed by atoms with van der Waals surface area (Å²) in [5.74, 6) is 0.893. The second-order valence-electron chi connectivity index (χ2n) is 5.20. The molecule has 2 aromatic carbocycles. The highest BCUT2D eigenvalue weighted by Gasteiger charge is 2.09. The largest absolute Gasteiger partial charge is 0.491 e. The van der Waals surface area contributed by atoms with Crippen LogP contribution in [-0.2, 0) is 0 Å². The molecule has 0 saturated carbocycles. The Hall–Kier alpha value is -1.19. The summed E-state index contributed by atoms with van der Waals surface area (Å²) in [6.07, 6.45) is 0.189. The third-order valence-corrected chi connectivity index (χ3v) is 4.47. The van der Waals surface area contributed by atoms with Gasteiger partial charge in [-0.15, -0.1) is 0 Å². The first-order chi connectivity index (χ1) is 9.97. The number of nitrogens with one attached hydrogen (secondary N) is 1. The van der Waals surface area contributed by atoms with Crippen LogP contribution in [0.15, 0.2) is 46.9 Å². The maximum Gasteiger partial charge on any atom is 0.119 e. The molecule has 0 fully saturated rings. The van der Waals surface area contributed by atoms with Gasteiger partial charge in [-0.2, -0.15) is 0 Å². The summed E-state index contributed by atoms with van der Waals surface area (Å²) in [5.41, 5.74) is 2.18. The summed E-state index contributed by atoms with van der Waals surface area (Å²) >= 11 is 9.61. The summed E-state index contributed by atoms with van der Waals surface area (Å²) in [5, 5.41) is 4.16. The first-order valence-corrected chi connectivity index (χ1v) is 8.11. The van der Waals surface area contributed by atoms with Crippen molar-refractivity contribution in [2.24, 2.45) is 0 Å². The lowest BCUT2D eigenvalue weighted by Crippen LogP contribution is -2.08. The lowest BCUT2D eigenvalue weighted by atomic mass is 10.1. The highest BCUT2D eigenvalue weighted by Crippen LogP contribution is 2.32. The molecule has 0 heterocycles. The molecule has 0 aromatic heterocycles. The van der Waals surface area contributed by atoms with E-state index in [0.29, 0.717) is 5.02 Å². The van der Waals surface area contributed by atoms with Crippen LogP contribution in [0.4, 0.5) is 5.69 Å². The van der Waals surface area contributed by atoms with E-state index in [2.05, 4.69) is 40.3 Å². The van der Waals surface area contributed by atoms with Crippen LogP contribution in [0.3, 0.4) is 0 Å². The molecule has 0 aliphatic heterocycles. The van der Waals surface area contributed by atoms with E-state index < -0.39 is 0 Å². The van der Waals surface area contributed by atoms with Crippen molar-refractivity contribution in [3.05, 3.63) is 57.5 Å². The van der Waals surface area contributed by atoms with Crippen LogP contribution in [0.25, 0.3) is 0 Å². The molecule has 1 atom stereocenters. The van der Waals surface area contributed by atoms with Crippen molar-refractivity contribution in [1.82, 2.24) is 0 Å². The van der Waals surface area contributed by atoms with Gasteiger partial charge >= 0.3 is 0 Å². The molecule has 0 aliphatic rings. The van der Waals surface area contributed by atoms with E-state index in [0.717, 1.165) is 15.9 Å². The number of hydrogen-bond donors (Lipinski definition) is 1. The van der Waals surface area contributed by atoms with Gasteiger partial charge in [0.2, 0.25) is 0 Å². The Kier molecular flexibility index (Phi) is 5.54. The number of hydrogen-bond acceptors (Lipinski definition) is 2. The molecule has 2 nitrogen and oxygen atoms in total. The van der Waals surface area contributed by atoms with E-state index in [1.165, 1.54) is 5.56 Å². The van der Waals surface area contributed by atoms with Gasteiger partial charge in [0.1, 0.15) is 5.75 Å². The Labute approximate surface area is 139 Å². The molecular weight excluding hydrogens is 350 g/mol. The minimum atomic E-state index is 0.174. The number of ether oxygens (including phenoxy) is 1. The Morgan fingerprint density at radius 3 is 2.33 bits per heavy atom. The van der Waals surface area contributed by atoms with Gasteiger partial charge in [0.05, 0.1) is 21.3 Å². The second kappa shape index (κ2) is 7.19. The van der Waals surface area contributed by atoms with Crippen molar-refractivity contribution in [3.63, 3.8) is 0 Å². The zero-order valence-corrected chi connectivity index (χ0v) is 14.7. The molecule has 0 spiro atoms. The summed E-state index contributed by atoms with van der Waals surface area (Å²) in [4.78, 5) is 0. The maximum absolute atomic E-state index is 6.11.